The first-order chi connectivity index (χ1) is 15.1. The second kappa shape index (κ2) is 8.61. The molecule has 1 aromatic heterocycles. The van der Waals surface area contributed by atoms with E-state index in [1.807, 2.05) is 30.3 Å². The molecular weight excluding hydrogens is 394 g/mol. The summed E-state index contributed by atoms with van der Waals surface area (Å²) in [6.45, 7) is 5.32. The van der Waals surface area contributed by atoms with E-state index in [9.17, 15) is 8.78 Å². The van der Waals surface area contributed by atoms with Gasteiger partial charge < -0.3 is 4.42 Å². The average Bonchev–Trinajstić information content (AvgIpc) is 3.17. The van der Waals surface area contributed by atoms with Crippen molar-refractivity contribution in [3.05, 3.63) is 95.8 Å². The summed E-state index contributed by atoms with van der Waals surface area (Å²) >= 11 is 0. The Labute approximate surface area is 180 Å². The van der Waals surface area contributed by atoms with E-state index in [0.717, 1.165) is 72.7 Å². The Balaban J connectivity index is 1.22. The number of hydrogen-bond acceptors (Lipinski definition) is 3. The van der Waals surface area contributed by atoms with Crippen LogP contribution in [0.2, 0.25) is 0 Å². The Hall–Kier alpha value is -3.02. The molecule has 3 aromatic carbocycles. The number of nitrogens with zero attached hydrogens (tertiary/aromatic N) is 2. The molecule has 0 saturated carbocycles. The fourth-order valence-corrected chi connectivity index (χ4v) is 4.24. The number of furan rings is 1. The Morgan fingerprint density at radius 1 is 0.677 bits per heavy atom. The summed E-state index contributed by atoms with van der Waals surface area (Å²) in [4.78, 5) is 4.74. The predicted octanol–water partition coefficient (Wildman–Crippen LogP) is 5.70. The smallest absolute Gasteiger partial charge is 0.134 e. The maximum Gasteiger partial charge on any atom is 0.134 e. The van der Waals surface area contributed by atoms with Crippen LogP contribution in [0.25, 0.3) is 22.1 Å². The SMILES string of the molecule is Fc1cccc(CN2CCN(Cc3cc4cc(-c5cccc(F)c5)ccc4o3)CC2)c1. The lowest BCUT2D eigenvalue weighted by atomic mass is 10.0. The minimum absolute atomic E-state index is 0.179. The van der Waals surface area contributed by atoms with Gasteiger partial charge in [-0.2, -0.15) is 0 Å². The molecule has 1 saturated heterocycles. The van der Waals surface area contributed by atoms with Crippen LogP contribution in [0.1, 0.15) is 11.3 Å². The Bertz CT molecular complexity index is 1190. The van der Waals surface area contributed by atoms with Gasteiger partial charge in [-0.15, -0.1) is 0 Å². The van der Waals surface area contributed by atoms with Gasteiger partial charge in [0.05, 0.1) is 6.54 Å². The standard InChI is InChI=1S/C26H24F2N2O/c27-23-5-1-3-19(13-23)17-29-9-11-30(12-10-29)18-25-16-22-14-21(7-8-26(22)31-25)20-4-2-6-24(28)15-20/h1-8,13-16H,9-12,17-18H2. The molecule has 0 radical (unpaired) electrons. The molecule has 0 spiro atoms. The molecule has 0 atom stereocenters. The van der Waals surface area contributed by atoms with Gasteiger partial charge >= 0.3 is 0 Å². The van der Waals surface area contributed by atoms with E-state index in [1.54, 1.807) is 24.3 Å². The highest BCUT2D eigenvalue weighted by Crippen LogP contribution is 2.28. The van der Waals surface area contributed by atoms with Crippen molar-refractivity contribution >= 4 is 11.0 Å². The van der Waals surface area contributed by atoms with Crippen molar-refractivity contribution in [2.75, 3.05) is 26.2 Å². The third-order valence-corrected chi connectivity index (χ3v) is 5.86. The van der Waals surface area contributed by atoms with Crippen LogP contribution in [0.3, 0.4) is 0 Å². The van der Waals surface area contributed by atoms with Crippen LogP contribution in [0.4, 0.5) is 8.78 Å². The number of piperazine rings is 1. The molecule has 5 heteroatoms. The molecule has 1 aliphatic heterocycles. The molecule has 3 nitrogen and oxygen atoms in total. The van der Waals surface area contributed by atoms with Gasteiger partial charge in [0.15, 0.2) is 0 Å². The van der Waals surface area contributed by atoms with E-state index in [-0.39, 0.29) is 11.6 Å². The van der Waals surface area contributed by atoms with Crippen molar-refractivity contribution in [1.82, 2.24) is 9.80 Å². The minimum Gasteiger partial charge on any atom is -0.460 e. The first kappa shape index (κ1) is 19.9. The van der Waals surface area contributed by atoms with E-state index in [1.165, 1.54) is 12.1 Å². The van der Waals surface area contributed by atoms with E-state index in [4.69, 9.17) is 4.42 Å². The number of hydrogen-bond donors (Lipinski definition) is 0. The van der Waals surface area contributed by atoms with Crippen molar-refractivity contribution in [2.24, 2.45) is 0 Å². The number of rotatable bonds is 5. The van der Waals surface area contributed by atoms with Gasteiger partial charge in [0.25, 0.3) is 0 Å². The highest BCUT2D eigenvalue weighted by molar-refractivity contribution is 5.84. The first-order valence-electron chi connectivity index (χ1n) is 10.6. The van der Waals surface area contributed by atoms with Gasteiger partial charge in [0.1, 0.15) is 23.0 Å². The molecular formula is C26H24F2N2O. The Morgan fingerprint density at radius 3 is 2.10 bits per heavy atom. The molecule has 1 fully saturated rings. The van der Waals surface area contributed by atoms with E-state index >= 15 is 0 Å². The predicted molar refractivity (Wildman–Crippen MR) is 119 cm³/mol. The largest absolute Gasteiger partial charge is 0.460 e. The molecule has 0 bridgehead atoms. The molecule has 0 unspecified atom stereocenters. The first-order valence-corrected chi connectivity index (χ1v) is 10.6. The van der Waals surface area contributed by atoms with Gasteiger partial charge in [-0.05, 0) is 59.2 Å². The van der Waals surface area contributed by atoms with Gasteiger partial charge in [0, 0.05) is 38.1 Å². The molecule has 0 N–H and O–H groups in total. The summed E-state index contributed by atoms with van der Waals surface area (Å²) in [5.74, 6) is 0.522. The van der Waals surface area contributed by atoms with Crippen LogP contribution >= 0.6 is 0 Å². The number of halogens is 2. The molecule has 31 heavy (non-hydrogen) atoms. The summed E-state index contributed by atoms with van der Waals surface area (Å²) in [5.41, 5.74) is 3.70. The fraction of sp³-hybridized carbons (Fsp3) is 0.231. The lowest BCUT2D eigenvalue weighted by Crippen LogP contribution is -2.45. The van der Waals surface area contributed by atoms with Gasteiger partial charge in [-0.3, -0.25) is 9.80 Å². The lowest BCUT2D eigenvalue weighted by molar-refractivity contribution is 0.116. The second-order valence-corrected chi connectivity index (χ2v) is 8.16. The third kappa shape index (κ3) is 4.68. The van der Waals surface area contributed by atoms with Crippen molar-refractivity contribution < 1.29 is 13.2 Å². The molecule has 158 valence electrons. The van der Waals surface area contributed by atoms with Gasteiger partial charge in [0.2, 0.25) is 0 Å². The van der Waals surface area contributed by atoms with Crippen LogP contribution in [0, 0.1) is 11.6 Å². The van der Waals surface area contributed by atoms with E-state index in [2.05, 4.69) is 15.9 Å². The van der Waals surface area contributed by atoms with E-state index < -0.39 is 0 Å². The van der Waals surface area contributed by atoms with Crippen LogP contribution in [0.15, 0.2) is 77.2 Å². The third-order valence-electron chi connectivity index (χ3n) is 5.86. The number of benzene rings is 3. The van der Waals surface area contributed by atoms with Gasteiger partial charge in [-0.25, -0.2) is 8.78 Å². The minimum atomic E-state index is -0.234. The summed E-state index contributed by atoms with van der Waals surface area (Å²) in [7, 11) is 0. The maximum absolute atomic E-state index is 13.6. The maximum atomic E-state index is 13.6. The molecule has 1 aliphatic rings. The van der Waals surface area contributed by atoms with Gasteiger partial charge in [-0.1, -0.05) is 30.3 Å². The second-order valence-electron chi connectivity index (χ2n) is 8.16. The van der Waals surface area contributed by atoms with Crippen LogP contribution in [-0.2, 0) is 13.1 Å². The average molecular weight is 418 g/mol. The zero-order valence-electron chi connectivity index (χ0n) is 17.2. The van der Waals surface area contributed by atoms with E-state index in [0.29, 0.717) is 0 Å². The van der Waals surface area contributed by atoms with Crippen LogP contribution < -0.4 is 0 Å². The van der Waals surface area contributed by atoms with Crippen molar-refractivity contribution in [1.29, 1.82) is 0 Å². The van der Waals surface area contributed by atoms with Crippen molar-refractivity contribution in [3.8, 4) is 11.1 Å². The van der Waals surface area contributed by atoms with Crippen LogP contribution in [-0.4, -0.2) is 36.0 Å². The molecule has 5 rings (SSSR count). The zero-order chi connectivity index (χ0) is 21.2. The highest BCUT2D eigenvalue weighted by atomic mass is 19.1. The summed E-state index contributed by atoms with van der Waals surface area (Å²) in [6.07, 6.45) is 0. The lowest BCUT2D eigenvalue weighted by Gasteiger charge is -2.34. The molecule has 0 aliphatic carbocycles. The fourth-order valence-electron chi connectivity index (χ4n) is 4.24. The molecule has 0 amide bonds. The summed E-state index contributed by atoms with van der Waals surface area (Å²) in [6, 6.07) is 21.5. The monoisotopic (exact) mass is 418 g/mol. The summed E-state index contributed by atoms with van der Waals surface area (Å²) in [5, 5.41) is 1.03. The number of fused-ring (bicyclic) bond motifs is 1. The Morgan fingerprint density at radius 2 is 1.35 bits per heavy atom. The zero-order valence-corrected chi connectivity index (χ0v) is 17.2. The summed E-state index contributed by atoms with van der Waals surface area (Å²) < 4.78 is 33.0. The molecule has 2 heterocycles. The topological polar surface area (TPSA) is 19.6 Å². The van der Waals surface area contributed by atoms with Crippen molar-refractivity contribution in [3.63, 3.8) is 0 Å². The van der Waals surface area contributed by atoms with Crippen molar-refractivity contribution in [2.45, 2.75) is 13.1 Å². The highest BCUT2D eigenvalue weighted by Gasteiger charge is 2.18. The normalized spacial score (nSPS) is 15.5. The quantitative estimate of drug-likeness (QED) is 0.415. The molecule has 4 aromatic rings. The van der Waals surface area contributed by atoms with Crippen LogP contribution in [0.5, 0.6) is 0 Å². The Kier molecular flexibility index (Phi) is 5.53.